The van der Waals surface area contributed by atoms with E-state index in [0.717, 1.165) is 11.4 Å². The highest BCUT2D eigenvalue weighted by Gasteiger charge is 2.16. The van der Waals surface area contributed by atoms with Crippen LogP contribution in [0.2, 0.25) is 0 Å². The predicted molar refractivity (Wildman–Crippen MR) is 317 cm³/mol. The van der Waals surface area contributed by atoms with Gasteiger partial charge in [0.2, 0.25) is 0 Å². The molecule has 2 atom stereocenters. The number of anilines is 2. The molecule has 4 aromatic carbocycles. The molecule has 2 nitrogen and oxygen atoms in total. The zero-order valence-electron chi connectivity index (χ0n) is 46.5. The van der Waals surface area contributed by atoms with Gasteiger partial charge in [-0.15, -0.1) is 0 Å². The topological polar surface area (TPSA) is 52.0 Å². The molecule has 0 aliphatic rings. The molecule has 0 aromatic heterocycles. The van der Waals surface area contributed by atoms with E-state index >= 15 is 0 Å². The van der Waals surface area contributed by atoms with Gasteiger partial charge >= 0.3 is 0 Å². The van der Waals surface area contributed by atoms with E-state index in [1.165, 1.54) is 297 Å². The maximum absolute atomic E-state index is 6.07. The van der Waals surface area contributed by atoms with Crippen LogP contribution in [0.5, 0.6) is 0 Å². The molecule has 71 heavy (non-hydrogen) atoms. The van der Waals surface area contributed by atoms with Gasteiger partial charge in [-0.2, -0.15) is 0 Å². The summed E-state index contributed by atoms with van der Waals surface area (Å²) in [7, 11) is 0. The monoisotopic (exact) mass is 967 g/mol. The first-order valence-electron chi connectivity index (χ1n) is 31.0. The van der Waals surface area contributed by atoms with Crippen molar-refractivity contribution in [3.8, 4) is 0 Å². The summed E-state index contributed by atoms with van der Waals surface area (Å²) in [4.78, 5) is 0. The fraction of sp³-hybridized carbons (Fsp3) is 0.652. The number of hydrogen-bond acceptors (Lipinski definition) is 2. The fourth-order valence-corrected chi connectivity index (χ4v) is 11.3. The van der Waals surface area contributed by atoms with Crippen LogP contribution >= 0.6 is 0 Å². The van der Waals surface area contributed by atoms with Crippen LogP contribution < -0.4 is 11.5 Å². The Labute approximate surface area is 440 Å². The fourth-order valence-electron chi connectivity index (χ4n) is 11.3. The Kier molecular flexibility index (Phi) is 34.6. The first-order chi connectivity index (χ1) is 35.1. The van der Waals surface area contributed by atoms with E-state index in [9.17, 15) is 0 Å². The zero-order chi connectivity index (χ0) is 50.1. The molecule has 0 bridgehead atoms. The highest BCUT2D eigenvalue weighted by atomic mass is 14.5. The molecule has 0 radical (unpaired) electrons. The third kappa shape index (κ3) is 28.5. The normalized spacial score (nSPS) is 12.4. The minimum absolute atomic E-state index is 0.469. The highest BCUT2D eigenvalue weighted by Crippen LogP contribution is 2.33. The Morgan fingerprint density at radius 1 is 0.239 bits per heavy atom. The van der Waals surface area contributed by atoms with Crippen molar-refractivity contribution in [2.45, 2.75) is 289 Å². The lowest BCUT2D eigenvalue weighted by Crippen LogP contribution is -2.02. The summed E-state index contributed by atoms with van der Waals surface area (Å²) < 4.78 is 0. The maximum Gasteiger partial charge on any atom is 0.0314 e. The molecule has 0 saturated carbocycles. The van der Waals surface area contributed by atoms with Crippen molar-refractivity contribution in [3.63, 3.8) is 0 Å². The number of nitrogens with two attached hydrogens (primary N) is 2. The first-order valence-corrected chi connectivity index (χ1v) is 31.0. The second-order valence-corrected chi connectivity index (χ2v) is 22.4. The van der Waals surface area contributed by atoms with E-state index in [1.807, 2.05) is 0 Å². The third-order valence-corrected chi connectivity index (χ3v) is 16.1. The molecule has 4 rings (SSSR count). The van der Waals surface area contributed by atoms with E-state index in [1.54, 1.807) is 0 Å². The van der Waals surface area contributed by atoms with Crippen LogP contribution in [-0.2, 0) is 12.8 Å². The van der Waals surface area contributed by atoms with Gasteiger partial charge in [0.15, 0.2) is 0 Å². The number of rotatable bonds is 46. The van der Waals surface area contributed by atoms with E-state index in [2.05, 4.69) is 111 Å². The van der Waals surface area contributed by atoms with Crippen molar-refractivity contribution in [1.82, 2.24) is 0 Å². The molecule has 396 valence electrons. The summed E-state index contributed by atoms with van der Waals surface area (Å²) in [5.41, 5.74) is 22.6. The Bertz CT molecular complexity index is 1640. The lowest BCUT2D eigenvalue weighted by atomic mass is 9.86. The van der Waals surface area contributed by atoms with Crippen molar-refractivity contribution in [2.24, 2.45) is 0 Å². The van der Waals surface area contributed by atoms with Crippen molar-refractivity contribution in [1.29, 1.82) is 0 Å². The Balaban J connectivity index is 0.948. The molecule has 0 aliphatic carbocycles. The molecular weight excluding hydrogens is 857 g/mol. The average Bonchev–Trinajstić information content (AvgIpc) is 3.39. The zero-order valence-corrected chi connectivity index (χ0v) is 46.5. The number of nitrogen functional groups attached to an aromatic ring is 2. The molecular formula is C69H110N2. The van der Waals surface area contributed by atoms with Crippen LogP contribution in [0.4, 0.5) is 11.4 Å². The molecule has 0 heterocycles. The molecule has 0 amide bonds. The average molecular weight is 968 g/mol. The number of unbranched alkanes of at least 4 members (excludes halogenated alkanes) is 34. The Hall–Kier alpha value is -3.52. The smallest absolute Gasteiger partial charge is 0.0314 e. The van der Waals surface area contributed by atoms with Crippen molar-refractivity contribution >= 4 is 11.4 Å². The van der Waals surface area contributed by atoms with Gasteiger partial charge in [-0.3, -0.25) is 0 Å². The second-order valence-electron chi connectivity index (χ2n) is 22.4. The predicted octanol–water partition coefficient (Wildman–Crippen LogP) is 22.2. The van der Waals surface area contributed by atoms with Crippen LogP contribution in [0.3, 0.4) is 0 Å². The molecule has 0 aliphatic heterocycles. The van der Waals surface area contributed by atoms with Crippen LogP contribution in [0.25, 0.3) is 0 Å². The lowest BCUT2D eigenvalue weighted by Gasteiger charge is -2.19. The summed E-state index contributed by atoms with van der Waals surface area (Å²) in [6, 6.07) is 36.7. The van der Waals surface area contributed by atoms with Crippen LogP contribution in [0.15, 0.2) is 97.1 Å². The number of benzene rings is 4. The summed E-state index contributed by atoms with van der Waals surface area (Å²) in [6.07, 6.45) is 56.6. The van der Waals surface area contributed by atoms with Gasteiger partial charge in [0.1, 0.15) is 0 Å². The first kappa shape index (κ1) is 60.0. The number of hydrogen-bond donors (Lipinski definition) is 2. The van der Waals surface area contributed by atoms with Crippen LogP contribution in [0, 0.1) is 0 Å². The summed E-state index contributed by atoms with van der Waals surface area (Å²) in [5.74, 6) is 0.938. The Morgan fingerprint density at radius 3 is 0.676 bits per heavy atom. The van der Waals surface area contributed by atoms with Crippen LogP contribution in [-0.4, -0.2) is 0 Å². The number of aryl methyl sites for hydroxylation is 2. The standard InChI is InChI=1S/C69H110N2/c1-3-5-7-9-11-13-26-30-34-38-42-68(64-52-56-66(70)57-53-64)62-48-44-60(45-49-62)40-36-32-28-24-22-20-18-16-15-17-19-21-23-25-29-33-37-41-61-46-50-63(51-47-61)69(65-54-58-67(71)59-55-65)43-39-35-31-27-14-12-10-8-6-4-2/h44-59,68-69H,3-43,70-71H2,1-2H3. The molecule has 0 fully saturated rings. The second kappa shape index (κ2) is 40.9. The third-order valence-electron chi connectivity index (χ3n) is 16.1. The molecule has 0 saturated heterocycles. The van der Waals surface area contributed by atoms with E-state index in [4.69, 9.17) is 11.5 Å². The van der Waals surface area contributed by atoms with E-state index < -0.39 is 0 Å². The molecule has 2 unspecified atom stereocenters. The maximum atomic E-state index is 6.07. The quantitative estimate of drug-likeness (QED) is 0.0342. The highest BCUT2D eigenvalue weighted by molar-refractivity contribution is 5.44. The van der Waals surface area contributed by atoms with Gasteiger partial charge in [0.25, 0.3) is 0 Å². The van der Waals surface area contributed by atoms with Gasteiger partial charge in [0.05, 0.1) is 0 Å². The minimum atomic E-state index is 0.469. The van der Waals surface area contributed by atoms with E-state index in [0.29, 0.717) is 11.8 Å². The lowest BCUT2D eigenvalue weighted by molar-refractivity contribution is 0.525. The van der Waals surface area contributed by atoms with Crippen molar-refractivity contribution in [2.75, 3.05) is 11.5 Å². The van der Waals surface area contributed by atoms with Gasteiger partial charge in [-0.25, -0.2) is 0 Å². The van der Waals surface area contributed by atoms with Crippen molar-refractivity contribution < 1.29 is 0 Å². The van der Waals surface area contributed by atoms with Crippen molar-refractivity contribution in [3.05, 3.63) is 130 Å². The molecule has 4 aromatic rings. The van der Waals surface area contributed by atoms with Gasteiger partial charge < -0.3 is 11.5 Å². The SMILES string of the molecule is CCCCCCCCCCCCC(c1ccc(N)cc1)c1ccc(CCCCCCCCCCCCCCCCCCCc2ccc(C(CCCCCCCCCCCC)c3ccc(N)cc3)cc2)cc1. The summed E-state index contributed by atoms with van der Waals surface area (Å²) in [5, 5.41) is 0. The Morgan fingerprint density at radius 2 is 0.437 bits per heavy atom. The molecule has 4 N–H and O–H groups in total. The van der Waals surface area contributed by atoms with Gasteiger partial charge in [-0.05, 0) is 96.2 Å². The molecule has 2 heteroatoms. The van der Waals surface area contributed by atoms with Gasteiger partial charge in [0, 0.05) is 23.2 Å². The van der Waals surface area contributed by atoms with E-state index in [-0.39, 0.29) is 0 Å². The molecule has 0 spiro atoms. The minimum Gasteiger partial charge on any atom is -0.399 e. The van der Waals surface area contributed by atoms with Crippen LogP contribution in [0.1, 0.15) is 309 Å². The largest absolute Gasteiger partial charge is 0.399 e. The summed E-state index contributed by atoms with van der Waals surface area (Å²) >= 11 is 0. The summed E-state index contributed by atoms with van der Waals surface area (Å²) in [6.45, 7) is 4.61. The van der Waals surface area contributed by atoms with Gasteiger partial charge in [-0.1, -0.05) is 311 Å².